The van der Waals surface area contributed by atoms with Crippen LogP contribution in [0.3, 0.4) is 0 Å². The third-order valence-electron chi connectivity index (χ3n) is 4.55. The van der Waals surface area contributed by atoms with Crippen molar-refractivity contribution in [3.8, 4) is 22.4 Å². The van der Waals surface area contributed by atoms with Crippen LogP contribution in [0, 0.1) is 5.82 Å². The molecule has 0 aliphatic rings. The van der Waals surface area contributed by atoms with E-state index in [0.29, 0.717) is 23.3 Å². The number of anilines is 1. The molecule has 1 unspecified atom stereocenters. The summed E-state index contributed by atoms with van der Waals surface area (Å²) in [7, 11) is 1.51. The molecule has 4 aromatic rings. The van der Waals surface area contributed by atoms with Crippen LogP contribution in [0.25, 0.3) is 33.4 Å². The van der Waals surface area contributed by atoms with Crippen molar-refractivity contribution in [1.29, 1.82) is 0 Å². The van der Waals surface area contributed by atoms with Crippen molar-refractivity contribution in [1.82, 2.24) is 15.0 Å². The number of benzene rings is 2. The van der Waals surface area contributed by atoms with Crippen LogP contribution in [0.5, 0.6) is 0 Å². The van der Waals surface area contributed by atoms with E-state index in [-0.39, 0.29) is 5.69 Å². The number of fused-ring (bicyclic) bond motifs is 1. The van der Waals surface area contributed by atoms with E-state index in [0.717, 1.165) is 25.5 Å². The van der Waals surface area contributed by atoms with Gasteiger partial charge in [0, 0.05) is 0 Å². The number of pyridine rings is 1. The Kier molecular flexibility index (Phi) is 5.43. The molecule has 0 N–H and O–H groups in total. The average Bonchev–Trinajstić information content (AvgIpc) is 2.72. The van der Waals surface area contributed by atoms with Gasteiger partial charge in [0.05, 0.1) is 0 Å². The van der Waals surface area contributed by atoms with E-state index in [1.165, 1.54) is 41.2 Å². The first-order valence-electron chi connectivity index (χ1n) is 8.63. The van der Waals surface area contributed by atoms with Gasteiger partial charge in [-0.3, -0.25) is 0 Å². The van der Waals surface area contributed by atoms with Crippen LogP contribution >= 0.6 is 15.9 Å². The van der Waals surface area contributed by atoms with Gasteiger partial charge in [0.1, 0.15) is 0 Å². The topological polar surface area (TPSA) is 59.0 Å². The maximum absolute atomic E-state index is 14.6. The molecule has 8 heteroatoms. The predicted octanol–water partition coefficient (Wildman–Crippen LogP) is 3.11. The van der Waals surface area contributed by atoms with Gasteiger partial charge in [0.2, 0.25) is 0 Å². The Bertz CT molecular complexity index is 1250. The molecule has 0 saturated heterocycles. The molecular weight excluding hydrogens is 498 g/mol. The minimum atomic E-state index is -0.495. The van der Waals surface area contributed by atoms with Gasteiger partial charge in [-0.05, 0) is 0 Å². The zero-order valence-electron chi connectivity index (χ0n) is 15.3. The molecule has 5 nitrogen and oxygen atoms in total. The summed E-state index contributed by atoms with van der Waals surface area (Å²) >= 11 is 4.91. The third kappa shape index (κ3) is 3.80. The zero-order valence-corrected chi connectivity index (χ0v) is 19.3. The fourth-order valence-electron chi connectivity index (χ4n) is 3.13. The molecule has 0 spiro atoms. The Balaban J connectivity index is 1.95. The molecule has 2 aromatic heterocycles. The number of amides is 1. The summed E-state index contributed by atoms with van der Waals surface area (Å²) in [4.78, 5) is 25.5. The second-order valence-corrected chi connectivity index (χ2v) is 8.47. The third-order valence-corrected chi connectivity index (χ3v) is 5.96. The van der Waals surface area contributed by atoms with Crippen molar-refractivity contribution >= 4 is 60.4 Å². The first-order valence-corrected chi connectivity index (χ1v) is 10.6. The first kappa shape index (κ1) is 19.7. The van der Waals surface area contributed by atoms with Crippen LogP contribution < -0.4 is 9.38 Å². The predicted molar refractivity (Wildman–Crippen MR) is 119 cm³/mol. The Labute approximate surface area is 183 Å². The van der Waals surface area contributed by atoms with Crippen LogP contribution in [-0.2, 0) is 4.79 Å². The monoisotopic (exact) mass is 512 g/mol. The van der Waals surface area contributed by atoms with Gasteiger partial charge >= 0.3 is 184 Å². The van der Waals surface area contributed by atoms with Crippen molar-refractivity contribution in [2.45, 2.75) is 0 Å². The second kappa shape index (κ2) is 8.01. The molecule has 144 valence electrons. The van der Waals surface area contributed by atoms with Crippen molar-refractivity contribution in [2.24, 2.45) is 0 Å². The molecule has 0 bridgehead atoms. The molecule has 4 rings (SSSR count). The Hall–Kier alpha value is -2.63. The number of nitrogens with zero attached hydrogens (tertiary/aromatic N) is 4. The molecule has 0 radical (unpaired) electrons. The van der Waals surface area contributed by atoms with Crippen LogP contribution in [0.2, 0.25) is 0 Å². The number of hydrogen-bond acceptors (Lipinski definition) is 4. The van der Waals surface area contributed by atoms with E-state index >= 15 is 0 Å². The van der Waals surface area contributed by atoms with Gasteiger partial charge in [-0.25, -0.2) is 0 Å². The molecule has 0 saturated carbocycles. The molecular formula is C21H15AsBrFN4O. The Morgan fingerprint density at radius 2 is 1.93 bits per heavy atom. The summed E-state index contributed by atoms with van der Waals surface area (Å²) in [5.41, 5.74) is 3.88. The summed E-state index contributed by atoms with van der Waals surface area (Å²) in [6.45, 7) is 0. The molecule has 1 atom stereocenters. The number of aromatic nitrogens is 3. The average molecular weight is 513 g/mol. The number of carbonyl (C=O) groups is 1. The first-order chi connectivity index (χ1) is 14.0. The quantitative estimate of drug-likeness (QED) is 0.311. The van der Waals surface area contributed by atoms with Crippen molar-refractivity contribution in [2.75, 3.05) is 11.9 Å². The fraction of sp³-hybridized carbons (Fsp3) is 0.0476. The summed E-state index contributed by atoms with van der Waals surface area (Å²) in [6.07, 6.45) is 2.06. The molecule has 0 aliphatic carbocycles. The second-order valence-electron chi connectivity index (χ2n) is 6.41. The fourth-order valence-corrected chi connectivity index (χ4v) is 4.26. The Morgan fingerprint density at radius 3 is 2.66 bits per heavy atom. The SMILES string of the molecule is CN(C=O)c1ccc(-c2cc(-c3cccc(Br)c3)c3c([AsH2])ncnc3n2)cc1F. The molecule has 29 heavy (non-hydrogen) atoms. The van der Waals surface area contributed by atoms with Gasteiger partial charge in [-0.2, -0.15) is 0 Å². The summed E-state index contributed by atoms with van der Waals surface area (Å²) < 4.78 is 16.4. The number of hydrogen-bond donors (Lipinski definition) is 0. The van der Waals surface area contributed by atoms with E-state index in [4.69, 9.17) is 0 Å². The number of carbonyl (C=O) groups excluding carboxylic acids is 1. The minimum absolute atomic E-state index is 0.206. The van der Waals surface area contributed by atoms with Gasteiger partial charge in [-0.15, -0.1) is 0 Å². The Morgan fingerprint density at radius 1 is 1.10 bits per heavy atom. The number of rotatable bonds is 4. The standard InChI is InChI=1S/C21H15AsBrFN4O/c1-28(11-29)18-6-5-13(8-16(18)24)17-9-15(12-3-2-4-14(23)7-12)19-20(22)25-10-26-21(19)27-17/h2-11H,22H2,1H3. The van der Waals surface area contributed by atoms with Crippen LogP contribution in [0.4, 0.5) is 10.1 Å². The summed E-state index contributed by atoms with van der Waals surface area (Å²) in [6, 6.07) is 14.6. The molecule has 2 heterocycles. The van der Waals surface area contributed by atoms with Crippen molar-refractivity contribution < 1.29 is 9.18 Å². The van der Waals surface area contributed by atoms with Crippen LogP contribution in [0.15, 0.2) is 59.3 Å². The van der Waals surface area contributed by atoms with E-state index in [2.05, 4.69) is 30.9 Å². The van der Waals surface area contributed by atoms with E-state index < -0.39 is 5.82 Å². The molecule has 0 aliphatic heterocycles. The zero-order chi connectivity index (χ0) is 20.5. The molecule has 1 amide bonds. The van der Waals surface area contributed by atoms with E-state index in [1.54, 1.807) is 12.1 Å². The van der Waals surface area contributed by atoms with Crippen LogP contribution in [0.1, 0.15) is 0 Å². The van der Waals surface area contributed by atoms with Gasteiger partial charge in [0.25, 0.3) is 0 Å². The summed E-state index contributed by atoms with van der Waals surface area (Å²) in [5.74, 6) is -0.495. The molecule has 0 fully saturated rings. The number of halogens is 2. The van der Waals surface area contributed by atoms with Gasteiger partial charge in [0.15, 0.2) is 0 Å². The van der Waals surface area contributed by atoms with Crippen molar-refractivity contribution in [3.05, 3.63) is 65.1 Å². The van der Waals surface area contributed by atoms with Gasteiger partial charge < -0.3 is 0 Å². The molecule has 2 aromatic carbocycles. The van der Waals surface area contributed by atoms with E-state index in [1.807, 2.05) is 30.3 Å². The van der Waals surface area contributed by atoms with Crippen LogP contribution in [-0.4, -0.2) is 45.3 Å². The maximum atomic E-state index is 14.6. The van der Waals surface area contributed by atoms with Gasteiger partial charge in [-0.1, -0.05) is 0 Å². The van der Waals surface area contributed by atoms with E-state index in [9.17, 15) is 9.18 Å². The summed E-state index contributed by atoms with van der Waals surface area (Å²) in [5, 5.41) is 0.882. The normalized spacial score (nSPS) is 10.9. The van der Waals surface area contributed by atoms with Crippen molar-refractivity contribution in [3.63, 3.8) is 0 Å².